The van der Waals surface area contributed by atoms with Gasteiger partial charge in [0.25, 0.3) is 5.91 Å². The van der Waals surface area contributed by atoms with Crippen LogP contribution in [0, 0.1) is 0 Å². The first-order valence-corrected chi connectivity index (χ1v) is 9.61. The van der Waals surface area contributed by atoms with Gasteiger partial charge in [0.1, 0.15) is 5.75 Å². The number of benzene rings is 2. The monoisotopic (exact) mass is 358 g/mol. The van der Waals surface area contributed by atoms with Gasteiger partial charge in [-0.1, -0.05) is 17.4 Å². The highest BCUT2D eigenvalue weighted by Crippen LogP contribution is 2.23. The number of carbonyl (C=O) groups is 1. The van der Waals surface area contributed by atoms with Crippen LogP contribution in [0.15, 0.2) is 52.4 Å². The Morgan fingerprint density at radius 2 is 2.12 bits per heavy atom. The smallest absolute Gasteiger partial charge is 0.279 e. The van der Waals surface area contributed by atoms with Crippen molar-refractivity contribution in [1.29, 1.82) is 0 Å². The number of thioether (sulfide) groups is 1. The number of amides is 1. The van der Waals surface area contributed by atoms with E-state index in [0.29, 0.717) is 10.4 Å². The van der Waals surface area contributed by atoms with Crippen LogP contribution in [0.3, 0.4) is 0 Å². The highest BCUT2D eigenvalue weighted by molar-refractivity contribution is 7.98. The van der Waals surface area contributed by atoms with E-state index in [-0.39, 0.29) is 5.91 Å². The van der Waals surface area contributed by atoms with Crippen molar-refractivity contribution < 1.29 is 9.53 Å². The van der Waals surface area contributed by atoms with E-state index in [1.165, 1.54) is 11.3 Å². The van der Waals surface area contributed by atoms with Crippen LogP contribution >= 0.6 is 23.1 Å². The van der Waals surface area contributed by atoms with Gasteiger partial charge in [0.15, 0.2) is 4.80 Å². The third kappa shape index (κ3) is 3.25. The molecule has 0 saturated carbocycles. The fourth-order valence-corrected chi connectivity index (χ4v) is 4.06. The van der Waals surface area contributed by atoms with Crippen LogP contribution in [-0.4, -0.2) is 23.8 Å². The van der Waals surface area contributed by atoms with E-state index in [4.69, 9.17) is 4.74 Å². The molecule has 0 N–H and O–H groups in total. The zero-order valence-electron chi connectivity index (χ0n) is 13.8. The minimum atomic E-state index is -0.216. The van der Waals surface area contributed by atoms with E-state index < -0.39 is 0 Å². The van der Waals surface area contributed by atoms with Gasteiger partial charge >= 0.3 is 0 Å². The molecule has 0 aliphatic heterocycles. The Morgan fingerprint density at radius 1 is 1.29 bits per heavy atom. The summed E-state index contributed by atoms with van der Waals surface area (Å²) in [6.45, 7) is 2.80. The summed E-state index contributed by atoms with van der Waals surface area (Å²) < 4.78 is 8.39. The molecule has 1 heterocycles. The zero-order valence-corrected chi connectivity index (χ0v) is 15.4. The minimum Gasteiger partial charge on any atom is -0.497 e. The first-order valence-electron chi connectivity index (χ1n) is 7.56. The first kappa shape index (κ1) is 16.8. The van der Waals surface area contributed by atoms with Gasteiger partial charge < -0.3 is 9.30 Å². The van der Waals surface area contributed by atoms with Crippen molar-refractivity contribution in [2.24, 2.45) is 4.99 Å². The second-order valence-electron chi connectivity index (χ2n) is 5.11. The molecule has 0 fully saturated rings. The molecule has 2 aromatic carbocycles. The largest absolute Gasteiger partial charge is 0.497 e. The van der Waals surface area contributed by atoms with E-state index in [1.807, 2.05) is 49.6 Å². The molecule has 4 nitrogen and oxygen atoms in total. The lowest BCUT2D eigenvalue weighted by molar-refractivity contribution is 0.0997. The summed E-state index contributed by atoms with van der Waals surface area (Å²) in [6.07, 6.45) is 1.99. The van der Waals surface area contributed by atoms with Gasteiger partial charge in [-0.15, -0.1) is 11.8 Å². The van der Waals surface area contributed by atoms with Crippen LogP contribution in [0.25, 0.3) is 10.2 Å². The van der Waals surface area contributed by atoms with E-state index in [2.05, 4.69) is 9.56 Å². The third-order valence-electron chi connectivity index (χ3n) is 3.72. The van der Waals surface area contributed by atoms with Crippen LogP contribution in [0.1, 0.15) is 17.3 Å². The molecule has 0 saturated heterocycles. The van der Waals surface area contributed by atoms with Crippen LogP contribution in [0.4, 0.5) is 0 Å². The lowest BCUT2D eigenvalue weighted by Gasteiger charge is -2.02. The molecule has 3 rings (SSSR count). The van der Waals surface area contributed by atoms with Crippen molar-refractivity contribution in [3.05, 3.63) is 52.8 Å². The molecule has 0 spiro atoms. The van der Waals surface area contributed by atoms with Crippen LogP contribution < -0.4 is 9.54 Å². The lowest BCUT2D eigenvalue weighted by atomic mass is 10.2. The summed E-state index contributed by atoms with van der Waals surface area (Å²) >= 11 is 3.11. The number of methoxy groups -OCH3 is 1. The van der Waals surface area contributed by atoms with Crippen molar-refractivity contribution in [3.8, 4) is 5.75 Å². The average molecular weight is 358 g/mol. The molecule has 6 heteroatoms. The molecule has 3 aromatic rings. The van der Waals surface area contributed by atoms with E-state index in [0.717, 1.165) is 27.4 Å². The SMILES string of the molecule is CCn1c(=NC(=O)c2cccc(SC)c2)sc2cc(OC)ccc21. The Hall–Kier alpha value is -2.05. The summed E-state index contributed by atoms with van der Waals surface area (Å²) in [7, 11) is 1.65. The predicted molar refractivity (Wildman–Crippen MR) is 100 cm³/mol. The average Bonchev–Trinajstić information content (AvgIpc) is 2.97. The second kappa shape index (κ2) is 7.23. The second-order valence-corrected chi connectivity index (χ2v) is 7.00. The van der Waals surface area contributed by atoms with E-state index >= 15 is 0 Å². The van der Waals surface area contributed by atoms with Gasteiger partial charge in [0.2, 0.25) is 0 Å². The number of rotatable bonds is 4. The molecule has 0 atom stereocenters. The maximum Gasteiger partial charge on any atom is 0.279 e. The molecular formula is C18H18N2O2S2. The highest BCUT2D eigenvalue weighted by Gasteiger charge is 2.09. The molecular weight excluding hydrogens is 340 g/mol. The molecule has 0 aliphatic carbocycles. The normalized spacial score (nSPS) is 11.9. The molecule has 1 aromatic heterocycles. The number of carbonyl (C=O) groups excluding carboxylic acids is 1. The summed E-state index contributed by atoms with van der Waals surface area (Å²) in [5, 5.41) is 0. The first-order chi connectivity index (χ1) is 11.7. The quantitative estimate of drug-likeness (QED) is 0.657. The van der Waals surface area contributed by atoms with Gasteiger partial charge in [0.05, 0.1) is 17.3 Å². The van der Waals surface area contributed by atoms with Crippen molar-refractivity contribution in [2.75, 3.05) is 13.4 Å². The highest BCUT2D eigenvalue weighted by atomic mass is 32.2. The summed E-state index contributed by atoms with van der Waals surface area (Å²) in [4.78, 5) is 18.7. The number of hydrogen-bond donors (Lipinski definition) is 0. The maximum absolute atomic E-state index is 12.5. The van der Waals surface area contributed by atoms with Gasteiger partial charge in [-0.2, -0.15) is 4.99 Å². The molecule has 1 amide bonds. The minimum absolute atomic E-state index is 0.216. The predicted octanol–water partition coefficient (Wildman–Crippen LogP) is 4.19. The standard InChI is InChI=1S/C18H18N2O2S2/c1-4-20-15-9-8-13(22-2)11-16(15)24-18(20)19-17(21)12-6-5-7-14(10-12)23-3/h5-11H,4H2,1-3H3. The Labute approximate surface area is 148 Å². The van der Waals surface area contributed by atoms with Crippen LogP contribution in [0.2, 0.25) is 0 Å². The Balaban J connectivity index is 2.09. The third-order valence-corrected chi connectivity index (χ3v) is 5.49. The van der Waals surface area contributed by atoms with Crippen molar-refractivity contribution in [3.63, 3.8) is 0 Å². The lowest BCUT2D eigenvalue weighted by Crippen LogP contribution is -2.15. The number of aromatic nitrogens is 1. The van der Waals surface area contributed by atoms with Crippen molar-refractivity contribution in [2.45, 2.75) is 18.4 Å². The van der Waals surface area contributed by atoms with Gasteiger partial charge in [0, 0.05) is 17.0 Å². The summed E-state index contributed by atoms with van der Waals surface area (Å²) in [5.74, 6) is 0.587. The Morgan fingerprint density at radius 3 is 2.83 bits per heavy atom. The number of aryl methyl sites for hydroxylation is 1. The number of hydrogen-bond acceptors (Lipinski definition) is 4. The van der Waals surface area contributed by atoms with Gasteiger partial charge in [-0.05, 0) is 49.6 Å². The molecule has 0 radical (unpaired) electrons. The maximum atomic E-state index is 12.5. The molecule has 124 valence electrons. The Bertz CT molecular complexity index is 957. The zero-order chi connectivity index (χ0) is 17.1. The van der Waals surface area contributed by atoms with E-state index in [1.54, 1.807) is 24.9 Å². The van der Waals surface area contributed by atoms with Crippen molar-refractivity contribution >= 4 is 39.2 Å². The topological polar surface area (TPSA) is 43.6 Å². The van der Waals surface area contributed by atoms with Crippen LogP contribution in [-0.2, 0) is 6.54 Å². The number of nitrogens with zero attached hydrogens (tertiary/aromatic N) is 2. The van der Waals surface area contributed by atoms with E-state index in [9.17, 15) is 4.79 Å². The van der Waals surface area contributed by atoms with Gasteiger partial charge in [-0.3, -0.25) is 4.79 Å². The van der Waals surface area contributed by atoms with Gasteiger partial charge in [-0.25, -0.2) is 0 Å². The Kier molecular flexibility index (Phi) is 5.06. The fraction of sp³-hybridized carbons (Fsp3) is 0.222. The number of thiazole rings is 1. The fourth-order valence-electron chi connectivity index (χ4n) is 2.48. The van der Waals surface area contributed by atoms with Crippen molar-refractivity contribution in [1.82, 2.24) is 4.57 Å². The number of ether oxygens (including phenoxy) is 1. The summed E-state index contributed by atoms with van der Waals surface area (Å²) in [6, 6.07) is 13.5. The van der Waals surface area contributed by atoms with Crippen LogP contribution in [0.5, 0.6) is 5.75 Å². The number of fused-ring (bicyclic) bond motifs is 1. The molecule has 0 bridgehead atoms. The molecule has 0 aliphatic rings. The molecule has 0 unspecified atom stereocenters. The summed E-state index contributed by atoms with van der Waals surface area (Å²) in [5.41, 5.74) is 1.67. The molecule has 24 heavy (non-hydrogen) atoms.